The van der Waals surface area contributed by atoms with E-state index in [0.29, 0.717) is 6.92 Å². The van der Waals surface area contributed by atoms with Crippen LogP contribution in [0.5, 0.6) is 0 Å². The summed E-state index contributed by atoms with van der Waals surface area (Å²) in [6.45, 7) is 5.02. The first-order valence-corrected chi connectivity index (χ1v) is 3.96. The average molecular weight is 180 g/mol. The second kappa shape index (κ2) is 3.50. The molecule has 0 nitrogen and oxygen atoms in total. The number of allylic oxidation sites excluding steroid dienone is 2. The third kappa shape index (κ3) is 2.02. The summed E-state index contributed by atoms with van der Waals surface area (Å²) in [5.41, 5.74) is -2.53. The number of hydrogen-bond acceptors (Lipinski definition) is 0. The van der Waals surface area contributed by atoms with Gasteiger partial charge in [0.1, 0.15) is 0 Å². The molecule has 0 fully saturated rings. The van der Waals surface area contributed by atoms with Crippen molar-refractivity contribution in [1.29, 1.82) is 0 Å². The molecule has 1 atom stereocenters. The summed E-state index contributed by atoms with van der Waals surface area (Å²) in [6, 6.07) is 0. The number of hydrogen-bond donors (Lipinski definition) is 0. The Hall–Kier alpha value is -0.470. The van der Waals surface area contributed by atoms with Crippen LogP contribution in [0.4, 0.5) is 13.2 Å². The fraction of sp³-hybridized carbons (Fsp3) is 0.778. The lowest BCUT2D eigenvalue weighted by Gasteiger charge is -2.31. The van der Waals surface area contributed by atoms with E-state index in [9.17, 15) is 13.2 Å². The first-order valence-electron chi connectivity index (χ1n) is 3.96. The van der Waals surface area contributed by atoms with Gasteiger partial charge < -0.3 is 0 Å². The highest BCUT2D eigenvalue weighted by Gasteiger charge is 2.50. The Labute approximate surface area is 71.5 Å². The zero-order chi connectivity index (χ0) is 9.99. The van der Waals surface area contributed by atoms with Crippen LogP contribution in [0.25, 0.3) is 0 Å². The monoisotopic (exact) mass is 180 g/mol. The SMILES string of the molecule is CC=CC(F)(C(C)C)C(C)(F)F. The normalized spacial score (nSPS) is 18.7. The molecule has 0 N–H and O–H groups in total. The van der Waals surface area contributed by atoms with Crippen LogP contribution in [0.3, 0.4) is 0 Å². The Kier molecular flexibility index (Phi) is 3.36. The van der Waals surface area contributed by atoms with E-state index >= 15 is 0 Å². The minimum absolute atomic E-state index is 0.604. The Balaban J connectivity index is 4.88. The molecule has 0 saturated heterocycles. The van der Waals surface area contributed by atoms with Crippen molar-refractivity contribution >= 4 is 0 Å². The summed E-state index contributed by atoms with van der Waals surface area (Å²) in [6.07, 6.45) is 2.25. The van der Waals surface area contributed by atoms with Crippen molar-refractivity contribution in [2.24, 2.45) is 5.92 Å². The Morgan fingerprint density at radius 3 is 1.67 bits per heavy atom. The van der Waals surface area contributed by atoms with Gasteiger partial charge in [0, 0.05) is 6.92 Å². The third-order valence-electron chi connectivity index (χ3n) is 1.92. The van der Waals surface area contributed by atoms with Gasteiger partial charge in [-0.3, -0.25) is 0 Å². The summed E-state index contributed by atoms with van der Waals surface area (Å²) in [7, 11) is 0. The molecular formula is C9H15F3. The average Bonchev–Trinajstić information content (AvgIpc) is 1.85. The molecule has 3 heteroatoms. The fourth-order valence-corrected chi connectivity index (χ4v) is 1.09. The molecule has 0 aromatic rings. The summed E-state index contributed by atoms with van der Waals surface area (Å²) in [4.78, 5) is 0. The van der Waals surface area contributed by atoms with Gasteiger partial charge in [-0.2, -0.15) is 0 Å². The van der Waals surface area contributed by atoms with Crippen molar-refractivity contribution in [2.45, 2.75) is 39.3 Å². The lowest BCUT2D eigenvalue weighted by atomic mass is 9.86. The van der Waals surface area contributed by atoms with Gasteiger partial charge in [-0.25, -0.2) is 13.2 Å². The van der Waals surface area contributed by atoms with Crippen LogP contribution in [0.15, 0.2) is 12.2 Å². The summed E-state index contributed by atoms with van der Waals surface area (Å²) in [5.74, 6) is -4.05. The van der Waals surface area contributed by atoms with Crippen LogP contribution in [-0.2, 0) is 0 Å². The first kappa shape index (κ1) is 11.5. The maximum absolute atomic E-state index is 13.6. The third-order valence-corrected chi connectivity index (χ3v) is 1.92. The standard InChI is InChI=1S/C9H15F3/c1-5-6-9(12,7(2)3)8(4,10)11/h5-7H,1-4H3. The van der Waals surface area contributed by atoms with Gasteiger partial charge in [0.2, 0.25) is 0 Å². The van der Waals surface area contributed by atoms with E-state index in [4.69, 9.17) is 0 Å². The van der Waals surface area contributed by atoms with E-state index in [1.54, 1.807) is 0 Å². The second-order valence-corrected chi connectivity index (χ2v) is 3.31. The van der Waals surface area contributed by atoms with Crippen LogP contribution < -0.4 is 0 Å². The molecule has 0 amide bonds. The first-order chi connectivity index (χ1) is 5.25. The van der Waals surface area contributed by atoms with Crippen LogP contribution >= 0.6 is 0 Å². The molecule has 0 aromatic carbocycles. The molecular weight excluding hydrogens is 165 g/mol. The summed E-state index contributed by atoms with van der Waals surface area (Å²) in [5, 5.41) is 0. The Bertz CT molecular complexity index is 167. The number of halogens is 3. The van der Waals surface area contributed by atoms with E-state index in [1.807, 2.05) is 0 Å². The van der Waals surface area contributed by atoms with E-state index < -0.39 is 17.5 Å². The highest BCUT2D eigenvalue weighted by Crippen LogP contribution is 2.39. The molecule has 12 heavy (non-hydrogen) atoms. The maximum atomic E-state index is 13.6. The van der Waals surface area contributed by atoms with Crippen LogP contribution in [0.1, 0.15) is 27.7 Å². The van der Waals surface area contributed by atoms with Crippen LogP contribution in [-0.4, -0.2) is 11.6 Å². The summed E-state index contributed by atoms with van der Waals surface area (Å²) < 4.78 is 39.1. The van der Waals surface area contributed by atoms with E-state index in [1.165, 1.54) is 26.8 Å². The highest BCUT2D eigenvalue weighted by molar-refractivity contribution is 5.08. The van der Waals surface area contributed by atoms with Crippen molar-refractivity contribution in [3.8, 4) is 0 Å². The molecule has 1 unspecified atom stereocenters. The molecule has 0 heterocycles. The molecule has 0 aliphatic heterocycles. The molecule has 72 valence electrons. The van der Waals surface area contributed by atoms with Gasteiger partial charge in [-0.05, 0) is 18.9 Å². The fourth-order valence-electron chi connectivity index (χ4n) is 1.09. The predicted molar refractivity (Wildman–Crippen MR) is 44.1 cm³/mol. The predicted octanol–water partition coefficient (Wildman–Crippen LogP) is 3.58. The smallest absolute Gasteiger partial charge is 0.232 e. The Morgan fingerprint density at radius 2 is 1.58 bits per heavy atom. The highest BCUT2D eigenvalue weighted by atomic mass is 19.3. The van der Waals surface area contributed by atoms with Crippen molar-refractivity contribution in [3.05, 3.63) is 12.2 Å². The number of rotatable bonds is 3. The van der Waals surface area contributed by atoms with Gasteiger partial charge in [0.15, 0.2) is 5.67 Å². The lowest BCUT2D eigenvalue weighted by Crippen LogP contribution is -2.44. The van der Waals surface area contributed by atoms with Gasteiger partial charge in [-0.15, -0.1) is 0 Å². The van der Waals surface area contributed by atoms with E-state index in [2.05, 4.69) is 0 Å². The van der Waals surface area contributed by atoms with Gasteiger partial charge in [-0.1, -0.05) is 19.9 Å². The maximum Gasteiger partial charge on any atom is 0.282 e. The lowest BCUT2D eigenvalue weighted by molar-refractivity contribution is -0.118. The Morgan fingerprint density at radius 1 is 1.17 bits per heavy atom. The molecule has 0 aromatic heterocycles. The van der Waals surface area contributed by atoms with Crippen molar-refractivity contribution in [3.63, 3.8) is 0 Å². The van der Waals surface area contributed by atoms with Crippen molar-refractivity contribution in [1.82, 2.24) is 0 Å². The van der Waals surface area contributed by atoms with Gasteiger partial charge in [0.25, 0.3) is 5.92 Å². The van der Waals surface area contributed by atoms with Gasteiger partial charge in [0.05, 0.1) is 0 Å². The number of alkyl halides is 3. The molecule has 0 radical (unpaired) electrons. The molecule has 0 aliphatic rings. The van der Waals surface area contributed by atoms with Crippen molar-refractivity contribution < 1.29 is 13.2 Å². The molecule has 0 bridgehead atoms. The topological polar surface area (TPSA) is 0 Å². The second-order valence-electron chi connectivity index (χ2n) is 3.31. The van der Waals surface area contributed by atoms with Crippen LogP contribution in [0.2, 0.25) is 0 Å². The minimum atomic E-state index is -3.33. The zero-order valence-corrected chi connectivity index (χ0v) is 7.87. The largest absolute Gasteiger partial charge is 0.282 e. The van der Waals surface area contributed by atoms with E-state index in [-0.39, 0.29) is 0 Å². The summed E-state index contributed by atoms with van der Waals surface area (Å²) >= 11 is 0. The molecule has 0 rings (SSSR count). The minimum Gasteiger partial charge on any atom is -0.232 e. The molecule has 0 saturated carbocycles. The molecule has 0 spiro atoms. The van der Waals surface area contributed by atoms with Crippen LogP contribution in [0, 0.1) is 5.92 Å². The quantitative estimate of drug-likeness (QED) is 0.582. The molecule has 0 aliphatic carbocycles. The van der Waals surface area contributed by atoms with Gasteiger partial charge >= 0.3 is 0 Å². The van der Waals surface area contributed by atoms with E-state index in [0.717, 1.165) is 6.08 Å². The zero-order valence-electron chi connectivity index (χ0n) is 7.87. The van der Waals surface area contributed by atoms with Crippen molar-refractivity contribution in [2.75, 3.05) is 0 Å².